The number of hydrogen-bond donors (Lipinski definition) is 0. The van der Waals surface area contributed by atoms with Gasteiger partial charge in [0.2, 0.25) is 0 Å². The first-order chi connectivity index (χ1) is 0. The summed E-state index contributed by atoms with van der Waals surface area (Å²) in [7, 11) is 0. The molecule has 0 rings (SSSR count). The van der Waals surface area contributed by atoms with Crippen LogP contribution >= 0.6 is 13.5 Å². The summed E-state index contributed by atoms with van der Waals surface area (Å²) in [4.78, 5) is 0. The van der Waals surface area contributed by atoms with Gasteiger partial charge in [-0.15, -0.1) is 0 Å². The zero-order valence-electron chi connectivity index (χ0n) is 3.01. The molecule has 0 bridgehead atoms. The molecule has 0 aromatic carbocycles. The number of hydrogen-bond acceptors (Lipinski definition) is 0. The summed E-state index contributed by atoms with van der Waals surface area (Å²) < 4.78 is 0. The van der Waals surface area contributed by atoms with Crippen molar-refractivity contribution < 1.29 is 36.5 Å². The van der Waals surface area contributed by atoms with Crippen LogP contribution in [0.5, 0.6) is 0 Å². The van der Waals surface area contributed by atoms with Gasteiger partial charge in [-0.2, -0.15) is 13.5 Å². The second-order valence-corrected chi connectivity index (χ2v) is 0. The van der Waals surface area contributed by atoms with Gasteiger partial charge in [-0.25, -0.2) is 0 Å². The fourth-order valence-corrected chi connectivity index (χ4v) is 0. The van der Waals surface area contributed by atoms with E-state index in [1.54, 1.807) is 0 Å². The Balaban J connectivity index is 0. The summed E-state index contributed by atoms with van der Waals surface area (Å²) in [6.07, 6.45) is 0. The summed E-state index contributed by atoms with van der Waals surface area (Å²) in [5, 5.41) is 0. The minimum atomic E-state index is 0. The van der Waals surface area contributed by atoms with E-state index in [1.807, 2.05) is 0 Å². The van der Waals surface area contributed by atoms with E-state index in [1.165, 1.54) is 0 Å². The molecule has 0 spiro atoms. The molecule has 0 saturated heterocycles. The van der Waals surface area contributed by atoms with Crippen LogP contribution in [0.2, 0.25) is 0 Å². The second-order valence-electron chi connectivity index (χ2n) is 0. The Morgan fingerprint density at radius 1 is 1.00 bits per heavy atom. The van der Waals surface area contributed by atoms with Gasteiger partial charge in [0.15, 0.2) is 0 Å². The molecule has 5 heavy (non-hydrogen) atoms. The Morgan fingerprint density at radius 3 is 1.00 bits per heavy atom. The summed E-state index contributed by atoms with van der Waals surface area (Å²) in [5.74, 6) is 0. The van der Waals surface area contributed by atoms with Crippen LogP contribution < -0.4 is 0 Å². The molecule has 0 amide bonds. The summed E-state index contributed by atoms with van der Waals surface area (Å²) >= 11 is 0. The third-order valence-electron chi connectivity index (χ3n) is 0. The Kier molecular flexibility index (Phi) is 179. The molecular weight excluding hydrogens is 319 g/mol. The Bertz CT molecular complexity index is 11.6. The van der Waals surface area contributed by atoms with Crippen LogP contribution in [0.1, 0.15) is 0 Å². The van der Waals surface area contributed by atoms with Gasteiger partial charge in [0, 0.05) is 112 Å². The largest absolute Gasteiger partial charge is 0.197 e. The van der Waals surface area contributed by atoms with Crippen LogP contribution in [0.4, 0.5) is 0 Å². The van der Waals surface area contributed by atoms with Crippen LogP contribution in [0.25, 0.3) is 0 Å². The minimum Gasteiger partial charge on any atom is -0.197 e. The van der Waals surface area contributed by atoms with Gasteiger partial charge in [0.05, 0.1) is 0 Å². The van der Waals surface area contributed by atoms with Crippen molar-refractivity contribution >= 4 is 88.8 Å². The Hall–Kier alpha value is 3.93. The average molecular weight is 321 g/mol. The van der Waals surface area contributed by atoms with E-state index in [-0.39, 0.29) is 125 Å². The number of rotatable bonds is 0. The molecular formula is H2CuKSSnZn. The maximum absolute atomic E-state index is 0. The average Bonchev–Trinajstić information content (AvgIpc) is 0. The fourth-order valence-electron chi connectivity index (χ4n) is 0. The maximum atomic E-state index is 0. The van der Waals surface area contributed by atoms with E-state index in [0.717, 1.165) is 0 Å². The minimum absolute atomic E-state index is 0. The monoisotopic (exact) mass is 320 g/mol. The van der Waals surface area contributed by atoms with E-state index in [0.29, 0.717) is 0 Å². The van der Waals surface area contributed by atoms with Crippen molar-refractivity contribution in [2.45, 2.75) is 0 Å². The SMILES string of the molecule is S.[Cu].[K].[Sn].[Zn]. The smallest absolute Gasteiger partial charge is 0 e. The van der Waals surface area contributed by atoms with Gasteiger partial charge in [0.1, 0.15) is 0 Å². The van der Waals surface area contributed by atoms with Crippen LogP contribution in [-0.2, 0) is 36.5 Å². The topological polar surface area (TPSA) is 0 Å². The van der Waals surface area contributed by atoms with Crippen LogP contribution in [0.3, 0.4) is 0 Å². The quantitative estimate of drug-likeness (QED) is 0.520. The first-order valence-corrected chi connectivity index (χ1v) is 0. The zero-order chi connectivity index (χ0) is 0. The molecule has 0 fully saturated rings. The molecule has 0 nitrogen and oxygen atoms in total. The van der Waals surface area contributed by atoms with Crippen molar-refractivity contribution in [2.75, 3.05) is 0 Å². The Morgan fingerprint density at radius 2 is 1.00 bits per heavy atom. The first kappa shape index (κ1) is 36.4. The van der Waals surface area contributed by atoms with Gasteiger partial charge >= 0.3 is 0 Å². The maximum Gasteiger partial charge on any atom is 0 e. The second kappa shape index (κ2) is 24.7. The van der Waals surface area contributed by atoms with Gasteiger partial charge in [-0.1, -0.05) is 0 Å². The molecule has 0 aliphatic heterocycles. The van der Waals surface area contributed by atoms with E-state index < -0.39 is 0 Å². The van der Waals surface area contributed by atoms with E-state index in [9.17, 15) is 0 Å². The summed E-state index contributed by atoms with van der Waals surface area (Å²) in [6.45, 7) is 0. The van der Waals surface area contributed by atoms with Crippen LogP contribution in [0, 0.1) is 0 Å². The summed E-state index contributed by atoms with van der Waals surface area (Å²) in [6, 6.07) is 0. The summed E-state index contributed by atoms with van der Waals surface area (Å²) in [5.41, 5.74) is 0. The van der Waals surface area contributed by atoms with Gasteiger partial charge in [-0.05, 0) is 0 Å². The molecule has 0 aliphatic rings. The standard InChI is InChI=1S/Cu.K.H2S.Sn.Zn/h;;1H2;;. The van der Waals surface area contributed by atoms with Crippen molar-refractivity contribution in [3.8, 4) is 0 Å². The molecule has 0 aromatic heterocycles. The fraction of sp³-hybridized carbons (Fsp3) is 0. The molecule has 0 saturated carbocycles. The molecule has 6 radical (unpaired) electrons. The molecule has 0 atom stereocenters. The Labute approximate surface area is 122 Å². The van der Waals surface area contributed by atoms with Crippen molar-refractivity contribution in [1.29, 1.82) is 0 Å². The molecule has 0 aromatic rings. The van der Waals surface area contributed by atoms with Gasteiger partial charge < -0.3 is 0 Å². The normalized spacial score (nSPS) is 0. The molecule has 0 heterocycles. The first-order valence-electron chi connectivity index (χ1n) is 0. The molecule has 0 N–H and O–H groups in total. The van der Waals surface area contributed by atoms with E-state index >= 15 is 0 Å². The predicted octanol–water partition coefficient (Wildman–Crippen LogP) is -0.654. The van der Waals surface area contributed by atoms with Crippen LogP contribution in [-0.4, -0.2) is 75.3 Å². The van der Waals surface area contributed by atoms with Crippen molar-refractivity contribution in [3.63, 3.8) is 0 Å². The third kappa shape index (κ3) is 18.1. The zero-order valence-corrected chi connectivity index (χ0v) is 13.9. The molecule has 26 valence electrons. The predicted molar refractivity (Wildman–Crippen MR) is 21.9 cm³/mol. The van der Waals surface area contributed by atoms with Crippen molar-refractivity contribution in [1.82, 2.24) is 0 Å². The van der Waals surface area contributed by atoms with E-state index in [4.69, 9.17) is 0 Å². The van der Waals surface area contributed by atoms with Crippen molar-refractivity contribution in [2.24, 2.45) is 0 Å². The molecule has 0 aliphatic carbocycles. The molecule has 0 unspecified atom stereocenters. The van der Waals surface area contributed by atoms with E-state index in [2.05, 4.69) is 0 Å². The van der Waals surface area contributed by atoms with Crippen molar-refractivity contribution in [3.05, 3.63) is 0 Å². The van der Waals surface area contributed by atoms with Gasteiger partial charge in [0.25, 0.3) is 0 Å². The van der Waals surface area contributed by atoms with Gasteiger partial charge in [-0.3, -0.25) is 0 Å². The molecule has 5 heteroatoms. The third-order valence-corrected chi connectivity index (χ3v) is 0. The van der Waals surface area contributed by atoms with Crippen LogP contribution in [0.15, 0.2) is 0 Å².